The lowest BCUT2D eigenvalue weighted by atomic mass is 9.84. The van der Waals surface area contributed by atoms with Gasteiger partial charge in [0.15, 0.2) is 6.61 Å². The fourth-order valence-electron chi connectivity index (χ4n) is 4.41. The van der Waals surface area contributed by atoms with Gasteiger partial charge < -0.3 is 14.6 Å². The van der Waals surface area contributed by atoms with Gasteiger partial charge in [0.25, 0.3) is 11.5 Å². The molecule has 1 saturated heterocycles. The minimum Gasteiger partial charge on any atom is -0.482 e. The Balaban J connectivity index is 1.47. The zero-order valence-electron chi connectivity index (χ0n) is 15.0. The number of nitrogens with zero attached hydrogens (tertiary/aromatic N) is 2. The molecule has 1 aromatic carbocycles. The standard InChI is InChI=1S/C19H19N3O5S/c23-18-11-27-17-7-14(4-5-15(17)20-18)28(25,26)21-8-12-6-13(10-21)16-2-1-3-19(24)22(16)9-12/h1-5,7,12-13H,6,8-11H2,(H,20,23)/t12-,13+/m1/s1. The average molecular weight is 401 g/mol. The average Bonchev–Trinajstić information content (AvgIpc) is 2.68. The van der Waals surface area contributed by atoms with Gasteiger partial charge in [-0.25, -0.2) is 8.42 Å². The van der Waals surface area contributed by atoms with E-state index in [9.17, 15) is 18.0 Å². The molecule has 3 aliphatic rings. The summed E-state index contributed by atoms with van der Waals surface area (Å²) in [5, 5.41) is 2.66. The Kier molecular flexibility index (Phi) is 3.85. The number of rotatable bonds is 2. The Morgan fingerprint density at radius 1 is 1.07 bits per heavy atom. The fourth-order valence-corrected chi connectivity index (χ4v) is 5.99. The number of hydrogen-bond donors (Lipinski definition) is 1. The maximum atomic E-state index is 13.3. The van der Waals surface area contributed by atoms with Crippen LogP contribution in [0, 0.1) is 5.92 Å². The van der Waals surface area contributed by atoms with Crippen molar-refractivity contribution in [3.63, 3.8) is 0 Å². The fraction of sp³-hybridized carbons (Fsp3) is 0.368. The summed E-state index contributed by atoms with van der Waals surface area (Å²) in [5.74, 6) is 0.203. The van der Waals surface area contributed by atoms with Crippen molar-refractivity contribution in [2.24, 2.45) is 5.92 Å². The van der Waals surface area contributed by atoms with E-state index < -0.39 is 10.0 Å². The third-order valence-electron chi connectivity index (χ3n) is 5.67. The molecule has 1 amide bonds. The zero-order chi connectivity index (χ0) is 19.5. The number of amides is 1. The summed E-state index contributed by atoms with van der Waals surface area (Å²) in [7, 11) is -3.71. The molecule has 2 atom stereocenters. The lowest BCUT2D eigenvalue weighted by Gasteiger charge is -2.42. The van der Waals surface area contributed by atoms with E-state index in [2.05, 4.69) is 5.32 Å². The molecule has 1 fully saturated rings. The van der Waals surface area contributed by atoms with Crippen LogP contribution < -0.4 is 15.6 Å². The number of ether oxygens (including phenoxy) is 1. The first kappa shape index (κ1) is 17.4. The molecule has 28 heavy (non-hydrogen) atoms. The van der Waals surface area contributed by atoms with Gasteiger partial charge in [-0.3, -0.25) is 9.59 Å². The van der Waals surface area contributed by atoms with E-state index in [0.717, 1.165) is 12.1 Å². The van der Waals surface area contributed by atoms with E-state index in [1.165, 1.54) is 16.4 Å². The van der Waals surface area contributed by atoms with Crippen molar-refractivity contribution in [2.45, 2.75) is 23.8 Å². The highest BCUT2D eigenvalue weighted by Crippen LogP contribution is 2.38. The van der Waals surface area contributed by atoms with Gasteiger partial charge in [-0.1, -0.05) is 6.07 Å². The number of aromatic nitrogens is 1. The number of sulfonamides is 1. The van der Waals surface area contributed by atoms with Gasteiger partial charge in [0, 0.05) is 43.4 Å². The van der Waals surface area contributed by atoms with Crippen molar-refractivity contribution < 1.29 is 17.9 Å². The highest BCUT2D eigenvalue weighted by molar-refractivity contribution is 7.89. The summed E-state index contributed by atoms with van der Waals surface area (Å²) < 4.78 is 35.2. The number of piperidine rings is 1. The summed E-state index contributed by atoms with van der Waals surface area (Å²) >= 11 is 0. The van der Waals surface area contributed by atoms with Gasteiger partial charge in [-0.15, -0.1) is 0 Å². The molecule has 1 aromatic heterocycles. The third kappa shape index (κ3) is 2.73. The van der Waals surface area contributed by atoms with Crippen LogP contribution in [-0.2, 0) is 21.4 Å². The number of anilines is 1. The Morgan fingerprint density at radius 3 is 2.79 bits per heavy atom. The Morgan fingerprint density at radius 2 is 1.93 bits per heavy atom. The van der Waals surface area contributed by atoms with E-state index in [1.807, 2.05) is 6.07 Å². The minimum absolute atomic E-state index is 0.00402. The van der Waals surface area contributed by atoms with Crippen molar-refractivity contribution in [3.8, 4) is 5.75 Å². The molecule has 2 bridgehead atoms. The van der Waals surface area contributed by atoms with Crippen LogP contribution in [0.4, 0.5) is 5.69 Å². The second kappa shape index (κ2) is 6.18. The molecule has 2 aromatic rings. The number of carbonyl (C=O) groups excluding carboxylic acids is 1. The summed E-state index contributed by atoms with van der Waals surface area (Å²) in [6.45, 7) is 1.14. The number of hydrogen-bond acceptors (Lipinski definition) is 5. The topological polar surface area (TPSA) is 97.7 Å². The van der Waals surface area contributed by atoms with Gasteiger partial charge in [0.05, 0.1) is 10.6 Å². The zero-order valence-corrected chi connectivity index (χ0v) is 15.8. The number of nitrogens with one attached hydrogen (secondary N) is 1. The molecule has 9 heteroatoms. The normalized spacial score (nSPS) is 23.9. The third-order valence-corrected chi connectivity index (χ3v) is 7.50. The van der Waals surface area contributed by atoms with Crippen LogP contribution >= 0.6 is 0 Å². The highest BCUT2D eigenvalue weighted by atomic mass is 32.2. The first-order valence-corrected chi connectivity index (χ1v) is 10.6. The Labute approximate surface area is 161 Å². The molecule has 0 unspecified atom stereocenters. The predicted octanol–water partition coefficient (Wildman–Crippen LogP) is 0.987. The van der Waals surface area contributed by atoms with Crippen LogP contribution in [0.15, 0.2) is 46.1 Å². The van der Waals surface area contributed by atoms with E-state index >= 15 is 0 Å². The van der Waals surface area contributed by atoms with Gasteiger partial charge in [0.1, 0.15) is 5.75 Å². The first-order chi connectivity index (χ1) is 13.4. The molecule has 0 saturated carbocycles. The Bertz CT molecular complexity index is 1140. The minimum atomic E-state index is -3.71. The van der Waals surface area contributed by atoms with Crippen molar-refractivity contribution in [1.82, 2.24) is 8.87 Å². The molecule has 0 radical (unpaired) electrons. The van der Waals surface area contributed by atoms with Crippen LogP contribution in [-0.4, -0.2) is 42.9 Å². The number of benzene rings is 1. The monoisotopic (exact) mass is 401 g/mol. The van der Waals surface area contributed by atoms with E-state index in [4.69, 9.17) is 4.74 Å². The smallest absolute Gasteiger partial charge is 0.262 e. The van der Waals surface area contributed by atoms with Gasteiger partial charge in [0.2, 0.25) is 10.0 Å². The van der Waals surface area contributed by atoms with Gasteiger partial charge >= 0.3 is 0 Å². The van der Waals surface area contributed by atoms with Crippen LogP contribution in [0.2, 0.25) is 0 Å². The molecule has 3 aliphatic heterocycles. The largest absolute Gasteiger partial charge is 0.482 e. The van der Waals surface area contributed by atoms with E-state index in [0.29, 0.717) is 31.1 Å². The van der Waals surface area contributed by atoms with Crippen molar-refractivity contribution in [3.05, 3.63) is 52.4 Å². The second-order valence-corrected chi connectivity index (χ2v) is 9.45. The molecular formula is C19H19N3O5S. The van der Waals surface area contributed by atoms with Crippen molar-refractivity contribution in [2.75, 3.05) is 25.0 Å². The van der Waals surface area contributed by atoms with Crippen molar-refractivity contribution >= 4 is 21.6 Å². The van der Waals surface area contributed by atoms with Crippen LogP contribution in [0.5, 0.6) is 5.75 Å². The summed E-state index contributed by atoms with van der Waals surface area (Å²) in [5.41, 5.74) is 1.34. The van der Waals surface area contributed by atoms with Crippen LogP contribution in [0.3, 0.4) is 0 Å². The molecule has 5 rings (SSSR count). The molecule has 0 aliphatic carbocycles. The molecule has 146 valence electrons. The molecular weight excluding hydrogens is 382 g/mol. The quantitative estimate of drug-likeness (QED) is 0.809. The molecule has 4 heterocycles. The maximum Gasteiger partial charge on any atom is 0.262 e. The summed E-state index contributed by atoms with van der Waals surface area (Å²) in [6, 6.07) is 9.70. The molecule has 8 nitrogen and oxygen atoms in total. The molecule has 1 N–H and O–H groups in total. The lowest BCUT2D eigenvalue weighted by Crippen LogP contribution is -2.49. The van der Waals surface area contributed by atoms with Crippen LogP contribution in [0.25, 0.3) is 0 Å². The SMILES string of the molecule is O=C1COc2cc(S(=O)(=O)N3C[C@H]4C[C@@H](C3)c3cccc(=O)n3C4)ccc2N1. The molecule has 0 spiro atoms. The number of pyridine rings is 1. The predicted molar refractivity (Wildman–Crippen MR) is 101 cm³/mol. The number of carbonyl (C=O) groups is 1. The first-order valence-electron chi connectivity index (χ1n) is 9.18. The summed E-state index contributed by atoms with van der Waals surface area (Å²) in [4.78, 5) is 23.7. The van der Waals surface area contributed by atoms with Crippen LogP contribution in [0.1, 0.15) is 18.0 Å². The Hall–Kier alpha value is -2.65. The maximum absolute atomic E-state index is 13.3. The second-order valence-electron chi connectivity index (χ2n) is 7.51. The number of fused-ring (bicyclic) bond motifs is 5. The lowest BCUT2D eigenvalue weighted by molar-refractivity contribution is -0.118. The van der Waals surface area contributed by atoms with Gasteiger partial charge in [-0.2, -0.15) is 4.31 Å². The van der Waals surface area contributed by atoms with Crippen molar-refractivity contribution in [1.29, 1.82) is 0 Å². The van der Waals surface area contributed by atoms with Gasteiger partial charge in [-0.05, 0) is 30.5 Å². The van der Waals surface area contributed by atoms with E-state index in [1.54, 1.807) is 22.8 Å². The summed E-state index contributed by atoms with van der Waals surface area (Å²) in [6.07, 6.45) is 0.884. The highest BCUT2D eigenvalue weighted by Gasteiger charge is 2.39. The van der Waals surface area contributed by atoms with E-state index in [-0.39, 0.29) is 34.8 Å².